The molecule has 34 heavy (non-hydrogen) atoms. The Morgan fingerprint density at radius 1 is 0.971 bits per heavy atom. The number of hydrogen-bond donors (Lipinski definition) is 1. The number of nitrogens with zero attached hydrogens (tertiary/aromatic N) is 2. The number of amides is 2. The number of piperazine rings is 1. The molecule has 2 aromatic rings. The fourth-order valence-corrected chi connectivity index (χ4v) is 3.51. The summed E-state index contributed by atoms with van der Waals surface area (Å²) in [4.78, 5) is 39.7. The Hall–Kier alpha value is -3.56. The molecule has 2 amide bonds. The molecule has 1 heterocycles. The van der Waals surface area contributed by atoms with Crippen LogP contribution in [0.15, 0.2) is 42.5 Å². The molecule has 0 saturated carbocycles. The van der Waals surface area contributed by atoms with Crippen molar-refractivity contribution in [3.63, 3.8) is 0 Å². The summed E-state index contributed by atoms with van der Waals surface area (Å²) in [6, 6.07) is 10.3. The Morgan fingerprint density at radius 3 is 2.32 bits per heavy atom. The van der Waals surface area contributed by atoms with Gasteiger partial charge in [0.1, 0.15) is 6.54 Å². The third-order valence-electron chi connectivity index (χ3n) is 5.69. The normalized spacial score (nSPS) is 14.0. The van der Waals surface area contributed by atoms with E-state index >= 15 is 0 Å². The van der Waals surface area contributed by atoms with Gasteiger partial charge in [0.15, 0.2) is 6.61 Å². The van der Waals surface area contributed by atoms with E-state index in [4.69, 9.17) is 4.74 Å². The molecule has 0 atom stereocenters. The molecule has 1 aliphatic rings. The lowest BCUT2D eigenvalue weighted by Gasteiger charge is -2.36. The maximum absolute atomic E-state index is 12.9. The minimum absolute atomic E-state index is 0.288. The van der Waals surface area contributed by atoms with Crippen LogP contribution in [0.25, 0.3) is 0 Å². The van der Waals surface area contributed by atoms with Gasteiger partial charge in [0, 0.05) is 37.4 Å². The van der Waals surface area contributed by atoms with Crippen LogP contribution in [-0.4, -0.2) is 62.0 Å². The zero-order chi connectivity index (χ0) is 24.9. The van der Waals surface area contributed by atoms with E-state index in [2.05, 4.69) is 5.32 Å². The third-order valence-corrected chi connectivity index (χ3v) is 5.69. The van der Waals surface area contributed by atoms with Crippen LogP contribution in [0.1, 0.15) is 27.0 Å². The molecule has 1 saturated heterocycles. The molecule has 0 unspecified atom stereocenters. The average molecular weight is 477 g/mol. The van der Waals surface area contributed by atoms with Gasteiger partial charge in [-0.2, -0.15) is 13.2 Å². The number of carbonyl (C=O) groups is 3. The number of benzene rings is 2. The molecule has 10 heteroatoms. The molecule has 0 bridgehead atoms. The van der Waals surface area contributed by atoms with Gasteiger partial charge in [-0.25, -0.2) is 0 Å². The van der Waals surface area contributed by atoms with Gasteiger partial charge in [-0.05, 0) is 55.3 Å². The molecule has 1 fully saturated rings. The minimum atomic E-state index is -4.42. The lowest BCUT2D eigenvalue weighted by atomic mass is 10.1. The van der Waals surface area contributed by atoms with Crippen molar-refractivity contribution in [2.24, 2.45) is 0 Å². The number of aryl methyl sites for hydroxylation is 2. The van der Waals surface area contributed by atoms with Gasteiger partial charge in [-0.3, -0.25) is 14.4 Å². The number of carbonyl (C=O) groups excluding carboxylic acids is 3. The monoisotopic (exact) mass is 477 g/mol. The van der Waals surface area contributed by atoms with Crippen LogP contribution < -0.4 is 10.2 Å². The van der Waals surface area contributed by atoms with Gasteiger partial charge in [-0.15, -0.1) is 0 Å². The SMILES string of the molecule is Cc1ccc(C(=O)NCC(=O)OCC(=O)N2CCN(c3cccc(C(F)(F)F)c3)CC2)cc1C. The standard InChI is InChI=1S/C24H26F3N3O4/c1-16-6-7-18(12-17(16)2)23(33)28-14-22(32)34-15-21(31)30-10-8-29(9-11-30)20-5-3-4-19(13-20)24(25,26)27/h3-7,12-13H,8-11,14-15H2,1-2H3,(H,28,33). The molecular weight excluding hydrogens is 451 g/mol. The number of ether oxygens (including phenoxy) is 1. The predicted octanol–water partition coefficient (Wildman–Crippen LogP) is 2.94. The summed E-state index contributed by atoms with van der Waals surface area (Å²) in [6.45, 7) is 4.25. The van der Waals surface area contributed by atoms with E-state index in [-0.39, 0.29) is 19.6 Å². The van der Waals surface area contributed by atoms with Crippen molar-refractivity contribution in [1.29, 1.82) is 0 Å². The van der Waals surface area contributed by atoms with Gasteiger partial charge in [0.25, 0.3) is 11.8 Å². The van der Waals surface area contributed by atoms with Crippen LogP contribution in [0.2, 0.25) is 0 Å². The van der Waals surface area contributed by atoms with Crippen LogP contribution in [-0.2, 0) is 20.5 Å². The van der Waals surface area contributed by atoms with Crippen molar-refractivity contribution in [3.05, 3.63) is 64.7 Å². The molecule has 2 aromatic carbocycles. The summed E-state index contributed by atoms with van der Waals surface area (Å²) < 4.78 is 43.8. The third kappa shape index (κ3) is 6.49. The average Bonchev–Trinajstić information content (AvgIpc) is 2.82. The van der Waals surface area contributed by atoms with Crippen molar-refractivity contribution >= 4 is 23.5 Å². The molecule has 0 aromatic heterocycles. The highest BCUT2D eigenvalue weighted by Gasteiger charge is 2.31. The highest BCUT2D eigenvalue weighted by atomic mass is 19.4. The Kier molecular flexibility index (Phi) is 7.80. The molecule has 3 rings (SSSR count). The number of anilines is 1. The zero-order valence-electron chi connectivity index (χ0n) is 18.9. The van der Waals surface area contributed by atoms with Gasteiger partial charge in [0.2, 0.25) is 0 Å². The molecule has 182 valence electrons. The van der Waals surface area contributed by atoms with Crippen LogP contribution in [0.5, 0.6) is 0 Å². The quantitative estimate of drug-likeness (QED) is 0.648. The summed E-state index contributed by atoms with van der Waals surface area (Å²) in [7, 11) is 0. The predicted molar refractivity (Wildman–Crippen MR) is 119 cm³/mol. The number of hydrogen-bond acceptors (Lipinski definition) is 5. The molecular formula is C24H26F3N3O4. The van der Waals surface area contributed by atoms with Gasteiger partial charge < -0.3 is 19.9 Å². The van der Waals surface area contributed by atoms with Crippen molar-refractivity contribution in [2.45, 2.75) is 20.0 Å². The number of rotatable bonds is 6. The smallest absolute Gasteiger partial charge is 0.416 e. The zero-order valence-corrected chi connectivity index (χ0v) is 18.9. The number of nitrogens with one attached hydrogen (secondary N) is 1. The summed E-state index contributed by atoms with van der Waals surface area (Å²) in [5.41, 5.74) is 2.14. The first kappa shape index (κ1) is 25.1. The summed E-state index contributed by atoms with van der Waals surface area (Å²) in [5.74, 6) is -1.57. The van der Waals surface area contributed by atoms with Crippen molar-refractivity contribution in [3.8, 4) is 0 Å². The summed E-state index contributed by atoms with van der Waals surface area (Å²) in [6.07, 6.45) is -4.42. The van der Waals surface area contributed by atoms with E-state index in [1.54, 1.807) is 23.1 Å². The maximum Gasteiger partial charge on any atom is 0.416 e. The van der Waals surface area contributed by atoms with Crippen molar-refractivity contribution in [1.82, 2.24) is 10.2 Å². The highest BCUT2D eigenvalue weighted by Crippen LogP contribution is 2.31. The second-order valence-corrected chi connectivity index (χ2v) is 8.06. The van der Waals surface area contributed by atoms with E-state index in [0.717, 1.165) is 23.3 Å². The van der Waals surface area contributed by atoms with Crippen LogP contribution in [0.4, 0.5) is 18.9 Å². The number of alkyl halides is 3. The second-order valence-electron chi connectivity index (χ2n) is 8.06. The van der Waals surface area contributed by atoms with E-state index in [0.29, 0.717) is 24.3 Å². The van der Waals surface area contributed by atoms with Crippen molar-refractivity contribution in [2.75, 3.05) is 44.2 Å². The Balaban J connectivity index is 1.41. The highest BCUT2D eigenvalue weighted by molar-refractivity contribution is 5.96. The van der Waals surface area contributed by atoms with Gasteiger partial charge in [-0.1, -0.05) is 12.1 Å². The first-order valence-electron chi connectivity index (χ1n) is 10.8. The topological polar surface area (TPSA) is 78.9 Å². The molecule has 7 nitrogen and oxygen atoms in total. The number of halogens is 3. The van der Waals surface area contributed by atoms with Gasteiger partial charge in [0.05, 0.1) is 5.56 Å². The fraction of sp³-hybridized carbons (Fsp3) is 0.375. The lowest BCUT2D eigenvalue weighted by molar-refractivity contribution is -0.151. The molecule has 1 aliphatic heterocycles. The Labute approximate surface area is 195 Å². The Bertz CT molecular complexity index is 1060. The minimum Gasteiger partial charge on any atom is -0.454 e. The molecule has 1 N–H and O–H groups in total. The number of esters is 1. The van der Waals surface area contributed by atoms with E-state index in [1.807, 2.05) is 19.9 Å². The summed E-state index contributed by atoms with van der Waals surface area (Å²) >= 11 is 0. The molecule has 0 aliphatic carbocycles. The lowest BCUT2D eigenvalue weighted by Crippen LogP contribution is -2.50. The first-order chi connectivity index (χ1) is 16.0. The summed E-state index contributed by atoms with van der Waals surface area (Å²) in [5, 5.41) is 2.46. The van der Waals surface area contributed by atoms with Crippen molar-refractivity contribution < 1.29 is 32.3 Å². The first-order valence-corrected chi connectivity index (χ1v) is 10.8. The van der Waals surface area contributed by atoms with Crippen LogP contribution >= 0.6 is 0 Å². The van der Waals surface area contributed by atoms with E-state index < -0.39 is 36.1 Å². The van der Waals surface area contributed by atoms with Crippen LogP contribution in [0, 0.1) is 13.8 Å². The van der Waals surface area contributed by atoms with Crippen LogP contribution in [0.3, 0.4) is 0 Å². The fourth-order valence-electron chi connectivity index (χ4n) is 3.51. The largest absolute Gasteiger partial charge is 0.454 e. The van der Waals surface area contributed by atoms with E-state index in [9.17, 15) is 27.6 Å². The van der Waals surface area contributed by atoms with Gasteiger partial charge >= 0.3 is 12.1 Å². The maximum atomic E-state index is 12.9. The molecule has 0 spiro atoms. The Morgan fingerprint density at radius 2 is 1.68 bits per heavy atom. The molecule has 0 radical (unpaired) electrons. The second kappa shape index (κ2) is 10.6. The van der Waals surface area contributed by atoms with E-state index in [1.165, 1.54) is 11.0 Å².